The molecule has 0 saturated carbocycles. The van der Waals surface area contributed by atoms with Gasteiger partial charge in [0.15, 0.2) is 0 Å². The summed E-state index contributed by atoms with van der Waals surface area (Å²) in [7, 11) is 0. The van der Waals surface area contributed by atoms with Crippen LogP contribution in [0.2, 0.25) is 0 Å². The Hall–Kier alpha value is -0.900. The van der Waals surface area contributed by atoms with E-state index in [1.165, 1.54) is 0 Å². The lowest BCUT2D eigenvalue weighted by molar-refractivity contribution is -0.0902. The summed E-state index contributed by atoms with van der Waals surface area (Å²) < 4.78 is 5.32. The normalized spacial score (nSPS) is 26.5. The van der Waals surface area contributed by atoms with E-state index in [0.29, 0.717) is 13.2 Å². The van der Waals surface area contributed by atoms with E-state index < -0.39 is 5.60 Å². The molecule has 1 aromatic carbocycles. The zero-order valence-electron chi connectivity index (χ0n) is 8.78. The van der Waals surface area contributed by atoms with Crippen LogP contribution in [-0.4, -0.2) is 18.3 Å². The molecule has 0 spiro atoms. The minimum Gasteiger partial charge on any atom is -0.383 e. The maximum Gasteiger partial charge on any atom is 0.113 e. The monoisotopic (exact) mass is 207 g/mol. The Bertz CT molecular complexity index is 315. The number of nitrogens with two attached hydrogens (primary N) is 1. The van der Waals surface area contributed by atoms with Crippen molar-refractivity contribution in [3.63, 3.8) is 0 Å². The highest BCUT2D eigenvalue weighted by atomic mass is 16.5. The molecular formula is C12H17NO2. The van der Waals surface area contributed by atoms with Gasteiger partial charge < -0.3 is 15.6 Å². The van der Waals surface area contributed by atoms with Crippen LogP contribution in [0.3, 0.4) is 0 Å². The van der Waals surface area contributed by atoms with E-state index in [9.17, 15) is 5.11 Å². The smallest absolute Gasteiger partial charge is 0.113 e. The summed E-state index contributed by atoms with van der Waals surface area (Å²) in [5.74, 6) is 0. The molecule has 2 rings (SSSR count). The molecule has 3 nitrogen and oxygen atoms in total. The van der Waals surface area contributed by atoms with Gasteiger partial charge >= 0.3 is 0 Å². The summed E-state index contributed by atoms with van der Waals surface area (Å²) in [5.41, 5.74) is 6.74. The molecule has 1 heterocycles. The van der Waals surface area contributed by atoms with Crippen LogP contribution in [0.5, 0.6) is 0 Å². The summed E-state index contributed by atoms with van der Waals surface area (Å²) in [6.45, 7) is 1.69. The van der Waals surface area contributed by atoms with Crippen molar-refractivity contribution in [2.45, 2.75) is 25.0 Å². The second-order valence-corrected chi connectivity index (χ2v) is 4.09. The third-order valence-electron chi connectivity index (χ3n) is 2.95. The van der Waals surface area contributed by atoms with E-state index in [1.807, 2.05) is 24.3 Å². The fourth-order valence-corrected chi connectivity index (χ4v) is 1.96. The molecule has 1 aromatic rings. The molecule has 1 aliphatic rings. The first-order valence-electron chi connectivity index (χ1n) is 5.34. The highest BCUT2D eigenvalue weighted by molar-refractivity contribution is 5.27. The maximum absolute atomic E-state index is 10.3. The lowest BCUT2D eigenvalue weighted by atomic mass is 9.88. The minimum absolute atomic E-state index is 0.398. The summed E-state index contributed by atoms with van der Waals surface area (Å²) in [6.07, 6.45) is 1.68. The van der Waals surface area contributed by atoms with Crippen LogP contribution in [0.1, 0.15) is 24.0 Å². The van der Waals surface area contributed by atoms with Gasteiger partial charge in [0.05, 0.1) is 6.61 Å². The van der Waals surface area contributed by atoms with Crippen molar-refractivity contribution in [1.82, 2.24) is 0 Å². The van der Waals surface area contributed by atoms with Gasteiger partial charge in [-0.2, -0.15) is 0 Å². The molecule has 0 aliphatic carbocycles. The van der Waals surface area contributed by atoms with Gasteiger partial charge in [-0.1, -0.05) is 24.3 Å². The molecular weight excluding hydrogens is 190 g/mol. The zero-order valence-corrected chi connectivity index (χ0v) is 8.78. The number of ether oxygens (including phenoxy) is 1. The van der Waals surface area contributed by atoms with Crippen molar-refractivity contribution < 1.29 is 9.84 Å². The lowest BCUT2D eigenvalue weighted by Crippen LogP contribution is -2.35. The van der Waals surface area contributed by atoms with Crippen LogP contribution in [0, 0.1) is 0 Å². The quantitative estimate of drug-likeness (QED) is 0.764. The average molecular weight is 207 g/mol. The van der Waals surface area contributed by atoms with Crippen LogP contribution < -0.4 is 5.73 Å². The topological polar surface area (TPSA) is 55.5 Å². The molecule has 1 unspecified atom stereocenters. The Morgan fingerprint density at radius 1 is 1.33 bits per heavy atom. The van der Waals surface area contributed by atoms with Gasteiger partial charge in [0, 0.05) is 13.2 Å². The molecule has 82 valence electrons. The summed E-state index contributed by atoms with van der Waals surface area (Å²) in [4.78, 5) is 0. The number of rotatable bonds is 2. The van der Waals surface area contributed by atoms with E-state index in [4.69, 9.17) is 10.5 Å². The highest BCUT2D eigenvalue weighted by Crippen LogP contribution is 2.30. The average Bonchev–Trinajstić information content (AvgIpc) is 2.30. The predicted octanol–water partition coefficient (Wildman–Crippen LogP) is 1.14. The molecule has 1 aliphatic heterocycles. The van der Waals surface area contributed by atoms with E-state index >= 15 is 0 Å². The largest absolute Gasteiger partial charge is 0.383 e. The highest BCUT2D eigenvalue weighted by Gasteiger charge is 2.31. The molecule has 1 saturated heterocycles. The van der Waals surface area contributed by atoms with Crippen molar-refractivity contribution in [1.29, 1.82) is 0 Å². The number of hydrogen-bond donors (Lipinski definition) is 2. The molecule has 0 bridgehead atoms. The molecule has 1 fully saturated rings. The van der Waals surface area contributed by atoms with Gasteiger partial charge in [-0.3, -0.25) is 0 Å². The summed E-state index contributed by atoms with van der Waals surface area (Å²) in [5, 5.41) is 10.3. The first-order valence-corrected chi connectivity index (χ1v) is 5.34. The van der Waals surface area contributed by atoms with Crippen LogP contribution in [0.15, 0.2) is 24.3 Å². The molecule has 3 N–H and O–H groups in total. The third-order valence-corrected chi connectivity index (χ3v) is 2.95. The lowest BCUT2D eigenvalue weighted by Gasteiger charge is -2.32. The van der Waals surface area contributed by atoms with Crippen molar-refractivity contribution in [2.24, 2.45) is 5.73 Å². The Labute approximate surface area is 89.9 Å². The van der Waals surface area contributed by atoms with Gasteiger partial charge in [0.1, 0.15) is 5.60 Å². The first kappa shape index (κ1) is 10.6. The van der Waals surface area contributed by atoms with Crippen molar-refractivity contribution in [3.8, 4) is 0 Å². The van der Waals surface area contributed by atoms with E-state index in [0.717, 1.165) is 30.6 Å². The van der Waals surface area contributed by atoms with Crippen LogP contribution in [0.4, 0.5) is 0 Å². The van der Waals surface area contributed by atoms with Crippen molar-refractivity contribution in [3.05, 3.63) is 35.4 Å². The van der Waals surface area contributed by atoms with Crippen LogP contribution in [0.25, 0.3) is 0 Å². The third kappa shape index (κ3) is 2.20. The molecule has 0 aromatic heterocycles. The summed E-state index contributed by atoms with van der Waals surface area (Å²) in [6, 6.07) is 7.80. The molecule has 1 atom stereocenters. The Balaban J connectivity index is 2.20. The van der Waals surface area contributed by atoms with E-state index in [1.54, 1.807) is 0 Å². The SMILES string of the molecule is NCc1ccc(C2(O)CCCOC2)cc1. The van der Waals surface area contributed by atoms with Crippen molar-refractivity contribution >= 4 is 0 Å². The first-order chi connectivity index (χ1) is 7.24. The number of benzene rings is 1. The number of aliphatic hydroxyl groups is 1. The van der Waals surface area contributed by atoms with E-state index in [-0.39, 0.29) is 0 Å². The van der Waals surface area contributed by atoms with Gasteiger partial charge in [-0.15, -0.1) is 0 Å². The number of hydrogen-bond acceptors (Lipinski definition) is 3. The van der Waals surface area contributed by atoms with Crippen LogP contribution >= 0.6 is 0 Å². The standard InChI is InChI=1S/C12H17NO2/c13-8-10-2-4-11(5-3-10)12(14)6-1-7-15-9-12/h2-5,14H,1,6-9,13H2. The second-order valence-electron chi connectivity index (χ2n) is 4.09. The minimum atomic E-state index is -0.800. The van der Waals surface area contributed by atoms with Gasteiger partial charge in [-0.05, 0) is 24.0 Å². The van der Waals surface area contributed by atoms with Crippen LogP contribution in [-0.2, 0) is 16.9 Å². The fourth-order valence-electron chi connectivity index (χ4n) is 1.96. The molecule has 0 radical (unpaired) electrons. The zero-order chi connectivity index (χ0) is 10.7. The Kier molecular flexibility index (Phi) is 3.05. The Morgan fingerprint density at radius 2 is 2.07 bits per heavy atom. The van der Waals surface area contributed by atoms with E-state index in [2.05, 4.69) is 0 Å². The van der Waals surface area contributed by atoms with Gasteiger partial charge in [0.2, 0.25) is 0 Å². The molecule has 0 amide bonds. The summed E-state index contributed by atoms with van der Waals surface area (Å²) >= 11 is 0. The second kappa shape index (κ2) is 4.31. The predicted molar refractivity (Wildman–Crippen MR) is 58.3 cm³/mol. The molecule has 3 heteroatoms. The molecule has 15 heavy (non-hydrogen) atoms. The maximum atomic E-state index is 10.3. The van der Waals surface area contributed by atoms with Gasteiger partial charge in [-0.25, -0.2) is 0 Å². The van der Waals surface area contributed by atoms with Crippen molar-refractivity contribution in [2.75, 3.05) is 13.2 Å². The Morgan fingerprint density at radius 3 is 2.60 bits per heavy atom. The fraction of sp³-hybridized carbons (Fsp3) is 0.500. The van der Waals surface area contributed by atoms with Gasteiger partial charge in [0.25, 0.3) is 0 Å².